The zero-order valence-electron chi connectivity index (χ0n) is 32.4. The van der Waals surface area contributed by atoms with Crippen LogP contribution in [0.1, 0.15) is 24.8 Å². The van der Waals surface area contributed by atoms with Crippen LogP contribution in [0.5, 0.6) is 5.75 Å². The molecule has 1 aromatic heterocycles. The van der Waals surface area contributed by atoms with E-state index in [1.165, 1.54) is 23.1 Å². The highest BCUT2D eigenvalue weighted by Gasteiger charge is 2.28. The molecule has 57 heavy (non-hydrogen) atoms. The number of benzene rings is 3. The number of amides is 3. The van der Waals surface area contributed by atoms with Crippen molar-refractivity contribution in [3.63, 3.8) is 0 Å². The van der Waals surface area contributed by atoms with Crippen LogP contribution < -0.4 is 34.8 Å². The molecule has 0 radical (unpaired) electrons. The maximum atomic E-state index is 12.2. The smallest absolute Gasteiger partial charge is 0.328 e. The first kappa shape index (κ1) is 40.1. The van der Waals surface area contributed by atoms with Crippen molar-refractivity contribution in [3.8, 4) is 5.75 Å². The lowest BCUT2D eigenvalue weighted by atomic mass is 10.0. The molecule has 7 rings (SSSR count). The standard InChI is InChI=1S/C40H49ClN10O5S/c1-47(57(3,54)55)35-7-5-4-6-33(35)43-38-32(41)27-42-39(46-38)44-34-13-12-31(26-36(34)56-2)49-19-15-29(16-20-49)50-24-22-48(23-25-50)18-14-28-8-10-30(11-9-28)51-21-17-37(52)45-40(51)53/h4-13,26-27,29H,14-25H2,1-3H3,(H,45,52,53)(H2,42,43,44,46). The second-order valence-electron chi connectivity index (χ2n) is 14.5. The molecule has 15 nitrogen and oxygen atoms in total. The van der Waals surface area contributed by atoms with E-state index in [2.05, 4.69) is 58.8 Å². The number of methoxy groups -OCH3 is 1. The van der Waals surface area contributed by atoms with Crippen molar-refractivity contribution in [2.45, 2.75) is 31.7 Å². The number of nitrogens with one attached hydrogen (secondary N) is 3. The van der Waals surface area contributed by atoms with Gasteiger partial charge in [-0.25, -0.2) is 18.2 Å². The van der Waals surface area contributed by atoms with Crippen LogP contribution >= 0.6 is 11.6 Å². The third-order valence-corrected chi connectivity index (χ3v) is 12.4. The molecule has 0 spiro atoms. The van der Waals surface area contributed by atoms with Crippen LogP contribution in [0.25, 0.3) is 0 Å². The first-order valence-corrected chi connectivity index (χ1v) is 21.4. The Morgan fingerprint density at radius 2 is 1.63 bits per heavy atom. The molecule has 3 saturated heterocycles. The van der Waals surface area contributed by atoms with Gasteiger partial charge < -0.3 is 25.2 Å². The van der Waals surface area contributed by atoms with Gasteiger partial charge in [0.2, 0.25) is 21.9 Å². The number of halogens is 1. The molecule has 3 N–H and O–H groups in total. The maximum Gasteiger partial charge on any atom is 0.328 e. The lowest BCUT2D eigenvalue weighted by molar-refractivity contribution is -0.120. The van der Waals surface area contributed by atoms with Gasteiger partial charge in [0, 0.05) is 89.3 Å². The van der Waals surface area contributed by atoms with Crippen LogP contribution in [0.4, 0.5) is 45.0 Å². The predicted molar refractivity (Wildman–Crippen MR) is 225 cm³/mol. The molecule has 0 unspecified atom stereocenters. The summed E-state index contributed by atoms with van der Waals surface area (Å²) < 4.78 is 31.5. The largest absolute Gasteiger partial charge is 0.494 e. The Bertz CT molecular complexity index is 2180. The number of nitrogens with zero attached hydrogens (tertiary/aromatic N) is 7. The number of urea groups is 1. The zero-order chi connectivity index (χ0) is 40.1. The number of carbonyl (C=O) groups excluding carboxylic acids is 2. The first-order chi connectivity index (χ1) is 27.4. The van der Waals surface area contributed by atoms with E-state index in [1.54, 1.807) is 36.3 Å². The first-order valence-electron chi connectivity index (χ1n) is 19.1. The summed E-state index contributed by atoms with van der Waals surface area (Å²) in [7, 11) is -0.365. The number of anilines is 7. The van der Waals surface area contributed by atoms with Gasteiger partial charge in [0.1, 0.15) is 10.8 Å². The van der Waals surface area contributed by atoms with Gasteiger partial charge in [-0.3, -0.25) is 24.2 Å². The minimum absolute atomic E-state index is 0.224. The fourth-order valence-electron chi connectivity index (χ4n) is 7.56. The predicted octanol–water partition coefficient (Wildman–Crippen LogP) is 5.30. The molecule has 4 aromatic rings. The van der Waals surface area contributed by atoms with Crippen molar-refractivity contribution in [2.24, 2.45) is 0 Å². The number of imide groups is 1. The lowest BCUT2D eigenvalue weighted by Gasteiger charge is -2.43. The van der Waals surface area contributed by atoms with E-state index in [4.69, 9.17) is 16.3 Å². The number of sulfonamides is 1. The van der Waals surface area contributed by atoms with Crippen LogP contribution in [0.3, 0.4) is 0 Å². The number of rotatable bonds is 13. The molecule has 4 heterocycles. The Balaban J connectivity index is 0.887. The molecule has 3 fully saturated rings. The Morgan fingerprint density at radius 3 is 2.33 bits per heavy atom. The van der Waals surface area contributed by atoms with E-state index in [9.17, 15) is 18.0 Å². The van der Waals surface area contributed by atoms with E-state index in [-0.39, 0.29) is 17.0 Å². The quantitative estimate of drug-likeness (QED) is 0.161. The molecule has 0 bridgehead atoms. The van der Waals surface area contributed by atoms with Gasteiger partial charge in [0.25, 0.3) is 0 Å². The fourth-order valence-corrected chi connectivity index (χ4v) is 8.21. The van der Waals surface area contributed by atoms with Crippen molar-refractivity contribution >= 4 is 73.8 Å². The summed E-state index contributed by atoms with van der Waals surface area (Å²) in [5.74, 6) is 1.04. The van der Waals surface area contributed by atoms with Gasteiger partial charge in [-0.1, -0.05) is 35.9 Å². The molecular weight excluding hydrogens is 768 g/mol. The summed E-state index contributed by atoms with van der Waals surface area (Å²) in [5, 5.41) is 9.07. The highest BCUT2D eigenvalue weighted by Crippen LogP contribution is 2.35. The minimum atomic E-state index is -3.49. The van der Waals surface area contributed by atoms with E-state index < -0.39 is 10.0 Å². The molecule has 0 saturated carbocycles. The number of hydrogen-bond acceptors (Lipinski definition) is 12. The minimum Gasteiger partial charge on any atom is -0.494 e. The summed E-state index contributed by atoms with van der Waals surface area (Å²) in [6.45, 7) is 7.55. The molecule has 3 aliphatic rings. The second kappa shape index (κ2) is 17.5. The third-order valence-electron chi connectivity index (χ3n) is 10.9. The summed E-state index contributed by atoms with van der Waals surface area (Å²) in [6, 6.07) is 21.4. The van der Waals surface area contributed by atoms with E-state index in [1.807, 2.05) is 24.3 Å². The van der Waals surface area contributed by atoms with Crippen LogP contribution in [-0.2, 0) is 21.2 Å². The number of hydrogen-bond donors (Lipinski definition) is 3. The summed E-state index contributed by atoms with van der Waals surface area (Å²) in [4.78, 5) is 41.8. The molecule has 3 aliphatic heterocycles. The normalized spacial score (nSPS) is 17.3. The number of para-hydroxylation sites is 2. The Kier molecular flexibility index (Phi) is 12.3. The summed E-state index contributed by atoms with van der Waals surface area (Å²) >= 11 is 6.47. The monoisotopic (exact) mass is 816 g/mol. The molecular formula is C40H49ClN10O5S. The molecule has 0 aliphatic carbocycles. The SMILES string of the molecule is COc1cc(N2CCC(N3CCN(CCc4ccc(N5CCC(=O)NC5=O)cc4)CC3)CC2)ccc1Nc1ncc(Cl)c(Nc2ccccc2N(C)S(C)(=O)=O)n1. The number of aromatic nitrogens is 2. The van der Waals surface area contributed by atoms with Crippen LogP contribution in [0.15, 0.2) is 72.9 Å². The second-order valence-corrected chi connectivity index (χ2v) is 17.0. The number of piperidine rings is 1. The highest BCUT2D eigenvalue weighted by molar-refractivity contribution is 7.92. The van der Waals surface area contributed by atoms with Crippen molar-refractivity contribution in [1.29, 1.82) is 0 Å². The van der Waals surface area contributed by atoms with E-state index in [0.29, 0.717) is 53.6 Å². The molecule has 0 atom stereocenters. The lowest BCUT2D eigenvalue weighted by Crippen LogP contribution is -2.53. The molecule has 3 aromatic carbocycles. The average molecular weight is 817 g/mol. The Morgan fingerprint density at radius 1 is 0.912 bits per heavy atom. The van der Waals surface area contributed by atoms with Crippen molar-refractivity contribution in [1.82, 2.24) is 25.1 Å². The maximum absolute atomic E-state index is 12.2. The number of carbonyl (C=O) groups is 2. The number of piperazine rings is 1. The highest BCUT2D eigenvalue weighted by atomic mass is 35.5. The third kappa shape index (κ3) is 9.70. The fraction of sp³-hybridized carbons (Fsp3) is 0.400. The van der Waals surface area contributed by atoms with Crippen LogP contribution in [0.2, 0.25) is 5.02 Å². The Hall–Kier alpha value is -5.16. The summed E-state index contributed by atoms with van der Waals surface area (Å²) in [6.07, 6.45) is 6.09. The van der Waals surface area contributed by atoms with E-state index >= 15 is 0 Å². The van der Waals surface area contributed by atoms with Gasteiger partial charge in [0.05, 0.1) is 36.6 Å². The van der Waals surface area contributed by atoms with Crippen molar-refractivity contribution < 1.29 is 22.7 Å². The van der Waals surface area contributed by atoms with E-state index in [0.717, 1.165) is 82.7 Å². The molecule has 17 heteroatoms. The average Bonchev–Trinajstić information content (AvgIpc) is 3.21. The van der Waals surface area contributed by atoms with Crippen molar-refractivity contribution in [2.75, 3.05) is 97.5 Å². The van der Waals surface area contributed by atoms with Gasteiger partial charge in [-0.2, -0.15) is 4.98 Å². The molecule has 3 amide bonds. The van der Waals surface area contributed by atoms with Gasteiger partial charge in [-0.05, 0) is 61.2 Å². The Labute approximate surface area is 339 Å². The van der Waals surface area contributed by atoms with Crippen LogP contribution in [-0.4, -0.2) is 119 Å². The summed E-state index contributed by atoms with van der Waals surface area (Å²) in [5.41, 5.74) is 4.81. The number of ether oxygens (including phenoxy) is 1. The molecule has 302 valence electrons. The van der Waals surface area contributed by atoms with Crippen molar-refractivity contribution in [3.05, 3.63) is 83.5 Å². The zero-order valence-corrected chi connectivity index (χ0v) is 34.0. The topological polar surface area (TPSA) is 156 Å². The van der Waals surface area contributed by atoms with Crippen LogP contribution in [0, 0.1) is 0 Å². The van der Waals surface area contributed by atoms with Gasteiger partial charge in [0.15, 0.2) is 5.82 Å². The van der Waals surface area contributed by atoms with Gasteiger partial charge in [-0.15, -0.1) is 0 Å². The van der Waals surface area contributed by atoms with Gasteiger partial charge >= 0.3 is 6.03 Å².